The largest absolute Gasteiger partial charge is 0.383 e. The normalized spacial score (nSPS) is 16.2. The third kappa shape index (κ3) is 4.23. The Balaban J connectivity index is 1.42. The number of nitrogens with two attached hydrogens (primary N) is 1. The van der Waals surface area contributed by atoms with Crippen molar-refractivity contribution in [1.82, 2.24) is 19.4 Å². The first-order valence-electron chi connectivity index (χ1n) is 11.4. The van der Waals surface area contributed by atoms with Crippen LogP contribution in [-0.4, -0.2) is 31.5 Å². The third-order valence-corrected chi connectivity index (χ3v) is 6.74. The smallest absolute Gasteiger partial charge is 0.322 e. The van der Waals surface area contributed by atoms with Crippen LogP contribution in [0.1, 0.15) is 25.8 Å². The van der Waals surface area contributed by atoms with Gasteiger partial charge in [-0.05, 0) is 48.2 Å². The second-order valence-corrected chi connectivity index (χ2v) is 9.81. The maximum atomic E-state index is 15.2. The first-order chi connectivity index (χ1) is 17.0. The van der Waals surface area contributed by atoms with Gasteiger partial charge < -0.3 is 20.5 Å². The van der Waals surface area contributed by atoms with Crippen molar-refractivity contribution < 1.29 is 18.0 Å². The summed E-state index contributed by atoms with van der Waals surface area (Å²) in [5.74, 6) is -1.52. The number of amides is 2. The van der Waals surface area contributed by atoms with E-state index >= 15 is 4.39 Å². The molecule has 5 rings (SSSR count). The van der Waals surface area contributed by atoms with E-state index in [4.69, 9.17) is 5.73 Å². The average Bonchev–Trinajstić information content (AvgIpc) is 3.31. The summed E-state index contributed by atoms with van der Waals surface area (Å²) in [5.41, 5.74) is 7.55. The van der Waals surface area contributed by atoms with Crippen LogP contribution in [0.4, 0.5) is 29.5 Å². The Kier molecular flexibility index (Phi) is 5.61. The molecule has 0 bridgehead atoms. The Labute approximate surface area is 205 Å². The van der Waals surface area contributed by atoms with Crippen LogP contribution in [0.3, 0.4) is 0 Å². The first kappa shape index (κ1) is 23.7. The molecule has 3 N–H and O–H groups in total. The summed E-state index contributed by atoms with van der Waals surface area (Å²) in [6, 6.07) is 6.80. The molecule has 2 heterocycles. The molecule has 2 aromatic heterocycles. The number of aromatic nitrogens is 3. The molecule has 1 aliphatic rings. The van der Waals surface area contributed by atoms with Gasteiger partial charge in [0.1, 0.15) is 35.2 Å². The summed E-state index contributed by atoms with van der Waals surface area (Å²) in [4.78, 5) is 22.9. The maximum Gasteiger partial charge on any atom is 0.322 e. The molecule has 1 aliphatic carbocycles. The van der Waals surface area contributed by atoms with Gasteiger partial charge in [-0.25, -0.2) is 27.9 Å². The molecule has 0 radical (unpaired) electrons. The van der Waals surface area contributed by atoms with Crippen molar-refractivity contribution in [2.45, 2.75) is 32.9 Å². The lowest BCUT2D eigenvalue weighted by atomic mass is 10.0. The van der Waals surface area contributed by atoms with Crippen LogP contribution in [0.15, 0.2) is 48.9 Å². The number of nitrogens with one attached hydrogen (secondary N) is 1. The summed E-state index contributed by atoms with van der Waals surface area (Å²) >= 11 is 0. The van der Waals surface area contributed by atoms with Gasteiger partial charge in [0.25, 0.3) is 0 Å². The van der Waals surface area contributed by atoms with Crippen LogP contribution in [0.25, 0.3) is 22.2 Å². The number of benzene rings is 2. The average molecular weight is 495 g/mol. The molecule has 0 spiro atoms. The molecule has 0 aliphatic heterocycles. The zero-order valence-corrected chi connectivity index (χ0v) is 20.0. The lowest BCUT2D eigenvalue weighted by molar-refractivity contribution is 0.197. The van der Waals surface area contributed by atoms with Crippen molar-refractivity contribution >= 4 is 28.6 Å². The summed E-state index contributed by atoms with van der Waals surface area (Å²) in [5, 5.41) is 3.24. The Morgan fingerprint density at radius 1 is 1.14 bits per heavy atom. The summed E-state index contributed by atoms with van der Waals surface area (Å²) in [7, 11) is 1.78. The van der Waals surface area contributed by atoms with Crippen LogP contribution in [-0.2, 0) is 13.6 Å². The standard InChI is InChI=1S/C26H25F3N6O/c1-26(2)10-21(26)35(11-14-8-15(27)4-7-19(14)28)25(36)33-16-5-6-17(20(29)9-16)18-12-34(3)24-22(18)23(30)31-13-32-24/h4-9,12-13,21H,10-11H2,1-3H3,(H,33,36)(H2,30,31,32). The van der Waals surface area contributed by atoms with Gasteiger partial charge in [-0.3, -0.25) is 0 Å². The molecule has 7 nitrogen and oxygen atoms in total. The number of hydrogen-bond acceptors (Lipinski definition) is 4. The Bertz CT molecular complexity index is 1500. The minimum absolute atomic E-state index is 0.0742. The molecule has 4 aromatic rings. The molecule has 1 atom stereocenters. The van der Waals surface area contributed by atoms with Crippen LogP contribution in [0.5, 0.6) is 0 Å². The predicted octanol–water partition coefficient (Wildman–Crippen LogP) is 5.47. The molecule has 10 heteroatoms. The number of fused-ring (bicyclic) bond motifs is 1. The number of rotatable bonds is 5. The number of carbonyl (C=O) groups excluding carboxylic acids is 1. The Morgan fingerprint density at radius 2 is 1.89 bits per heavy atom. The molecule has 1 saturated carbocycles. The number of carbonyl (C=O) groups is 1. The van der Waals surface area contributed by atoms with Gasteiger partial charge in [-0.15, -0.1) is 0 Å². The van der Waals surface area contributed by atoms with Crippen molar-refractivity contribution in [2.24, 2.45) is 12.5 Å². The van der Waals surface area contributed by atoms with E-state index < -0.39 is 23.5 Å². The molecular formula is C26H25F3N6O. The summed E-state index contributed by atoms with van der Waals surface area (Å²) in [6.07, 6.45) is 3.78. The molecule has 2 amide bonds. The lowest BCUT2D eigenvalue weighted by Gasteiger charge is -2.25. The van der Waals surface area contributed by atoms with Crippen molar-refractivity contribution in [2.75, 3.05) is 11.1 Å². The van der Waals surface area contributed by atoms with E-state index in [0.29, 0.717) is 16.6 Å². The van der Waals surface area contributed by atoms with E-state index in [9.17, 15) is 13.6 Å². The Hall–Kier alpha value is -4.08. The third-order valence-electron chi connectivity index (χ3n) is 6.74. The van der Waals surface area contributed by atoms with Gasteiger partial charge in [0.05, 0.1) is 11.9 Å². The van der Waals surface area contributed by atoms with Crippen LogP contribution in [0.2, 0.25) is 0 Å². The number of nitrogen functional groups attached to an aromatic ring is 1. The van der Waals surface area contributed by atoms with Crippen molar-refractivity contribution in [3.05, 3.63) is 71.9 Å². The molecular weight excluding hydrogens is 469 g/mol. The van der Waals surface area contributed by atoms with Gasteiger partial charge in [0.15, 0.2) is 0 Å². The van der Waals surface area contributed by atoms with Gasteiger partial charge in [-0.1, -0.05) is 13.8 Å². The van der Waals surface area contributed by atoms with Crippen LogP contribution >= 0.6 is 0 Å². The highest BCUT2D eigenvalue weighted by Crippen LogP contribution is 2.49. The molecule has 36 heavy (non-hydrogen) atoms. The van der Waals surface area contributed by atoms with Crippen molar-refractivity contribution in [1.29, 1.82) is 0 Å². The van der Waals surface area contributed by atoms with Gasteiger partial charge in [-0.2, -0.15) is 0 Å². The fraction of sp³-hybridized carbons (Fsp3) is 0.269. The molecule has 0 saturated heterocycles. The lowest BCUT2D eigenvalue weighted by Crippen LogP contribution is -2.38. The number of hydrogen-bond donors (Lipinski definition) is 2. The van der Waals surface area contributed by atoms with E-state index in [-0.39, 0.29) is 40.6 Å². The maximum absolute atomic E-state index is 15.2. The summed E-state index contributed by atoms with van der Waals surface area (Å²) < 4.78 is 45.0. The van der Waals surface area contributed by atoms with E-state index in [2.05, 4.69) is 15.3 Å². The second-order valence-electron chi connectivity index (χ2n) is 9.81. The second kappa shape index (κ2) is 8.54. The monoisotopic (exact) mass is 494 g/mol. The van der Waals surface area contributed by atoms with Crippen LogP contribution in [0, 0.1) is 22.9 Å². The fourth-order valence-electron chi connectivity index (χ4n) is 4.59. The van der Waals surface area contributed by atoms with Gasteiger partial charge in [0, 0.05) is 41.7 Å². The van der Waals surface area contributed by atoms with Gasteiger partial charge >= 0.3 is 6.03 Å². The van der Waals surface area contributed by atoms with E-state index in [1.54, 1.807) is 29.9 Å². The molecule has 1 fully saturated rings. The minimum Gasteiger partial charge on any atom is -0.383 e. The van der Waals surface area contributed by atoms with E-state index in [1.807, 2.05) is 13.8 Å². The number of aryl methyl sites for hydroxylation is 1. The van der Waals surface area contributed by atoms with Crippen LogP contribution < -0.4 is 11.1 Å². The van der Waals surface area contributed by atoms with Gasteiger partial charge in [0.2, 0.25) is 0 Å². The van der Waals surface area contributed by atoms with E-state index in [0.717, 1.165) is 24.6 Å². The quantitative estimate of drug-likeness (QED) is 0.385. The van der Waals surface area contributed by atoms with Crippen molar-refractivity contribution in [3.8, 4) is 11.1 Å². The topological polar surface area (TPSA) is 89.1 Å². The highest BCUT2D eigenvalue weighted by Gasteiger charge is 2.51. The van der Waals surface area contributed by atoms with E-state index in [1.165, 1.54) is 17.3 Å². The predicted molar refractivity (Wildman–Crippen MR) is 131 cm³/mol. The Morgan fingerprint density at radius 3 is 2.58 bits per heavy atom. The highest BCUT2D eigenvalue weighted by molar-refractivity contribution is 6.01. The number of urea groups is 1. The zero-order valence-electron chi connectivity index (χ0n) is 20.0. The summed E-state index contributed by atoms with van der Waals surface area (Å²) in [6.45, 7) is 3.88. The fourth-order valence-corrected chi connectivity index (χ4v) is 4.59. The SMILES string of the molecule is Cn1cc(-c2ccc(NC(=O)N(Cc3cc(F)ccc3F)C3CC3(C)C)cc2F)c2c(N)ncnc21. The molecule has 2 aromatic carbocycles. The minimum atomic E-state index is -0.596. The number of halogens is 3. The number of nitrogens with zero attached hydrogens (tertiary/aromatic N) is 4. The zero-order chi connectivity index (χ0) is 25.8. The number of anilines is 2. The highest BCUT2D eigenvalue weighted by atomic mass is 19.1. The molecule has 1 unspecified atom stereocenters. The first-order valence-corrected chi connectivity index (χ1v) is 11.4. The molecule has 186 valence electrons. The van der Waals surface area contributed by atoms with Crippen molar-refractivity contribution in [3.63, 3.8) is 0 Å².